The number of carbonyl (C=O) groups is 1. The van der Waals surface area contributed by atoms with E-state index in [2.05, 4.69) is 15.9 Å². The Morgan fingerprint density at radius 3 is 2.58 bits per heavy atom. The minimum Gasteiger partial charge on any atom is -0.482 e. The molecule has 0 aliphatic heterocycles. The van der Waals surface area contributed by atoms with Crippen molar-refractivity contribution in [1.29, 1.82) is 0 Å². The van der Waals surface area contributed by atoms with Crippen molar-refractivity contribution in [3.05, 3.63) is 51.5 Å². The summed E-state index contributed by atoms with van der Waals surface area (Å²) in [5.41, 5.74) is 0.820. The Hall–Kier alpha value is -1.26. The lowest BCUT2D eigenvalue weighted by Crippen LogP contribution is -2.36. The first-order valence-corrected chi connectivity index (χ1v) is 13.1. The van der Waals surface area contributed by atoms with Crippen molar-refractivity contribution >= 4 is 55.3 Å². The number of hydrogen-bond donors (Lipinski definition) is 1. The van der Waals surface area contributed by atoms with Crippen molar-refractivity contribution in [2.45, 2.75) is 42.2 Å². The molecule has 0 heterocycles. The Morgan fingerprint density at radius 2 is 2.00 bits per heavy atom. The fraction of sp³-hybridized carbons (Fsp3) is 0.381. The van der Waals surface area contributed by atoms with E-state index < -0.39 is 22.6 Å². The van der Waals surface area contributed by atoms with E-state index in [1.165, 1.54) is 10.4 Å². The van der Waals surface area contributed by atoms with Gasteiger partial charge in [0.05, 0.1) is 9.92 Å². The van der Waals surface area contributed by atoms with Gasteiger partial charge in [0.25, 0.3) is 0 Å². The van der Waals surface area contributed by atoms with Crippen LogP contribution in [0.1, 0.15) is 25.8 Å². The summed E-state index contributed by atoms with van der Waals surface area (Å²) in [5.74, 6) is -0.516. The molecule has 0 fully saturated rings. The summed E-state index contributed by atoms with van der Waals surface area (Å²) < 4.78 is 33.7. The Balaban J connectivity index is 2.13. The molecule has 0 aliphatic rings. The molecule has 0 radical (unpaired) electrons. The van der Waals surface area contributed by atoms with Crippen molar-refractivity contribution in [2.75, 3.05) is 19.7 Å². The number of carboxylic acids is 1. The molecule has 2 rings (SSSR count). The van der Waals surface area contributed by atoms with Gasteiger partial charge in [0.1, 0.15) is 5.75 Å². The predicted molar refractivity (Wildman–Crippen MR) is 128 cm³/mol. The zero-order valence-electron chi connectivity index (χ0n) is 17.5. The van der Waals surface area contributed by atoms with Crippen LogP contribution in [0, 0.1) is 6.92 Å². The molecule has 0 aromatic heterocycles. The smallest absolute Gasteiger partial charge is 0.341 e. The van der Waals surface area contributed by atoms with E-state index in [0.29, 0.717) is 34.8 Å². The predicted octanol–water partition coefficient (Wildman–Crippen LogP) is 5.46. The van der Waals surface area contributed by atoms with Crippen LogP contribution in [0.3, 0.4) is 0 Å². The maximum Gasteiger partial charge on any atom is 0.341 e. The highest BCUT2D eigenvalue weighted by atomic mass is 79.9. The average molecular weight is 551 g/mol. The van der Waals surface area contributed by atoms with Crippen LogP contribution in [0.4, 0.5) is 0 Å². The van der Waals surface area contributed by atoms with Crippen LogP contribution in [0.5, 0.6) is 5.75 Å². The second-order valence-corrected chi connectivity index (χ2v) is 11.7. The highest BCUT2D eigenvalue weighted by molar-refractivity contribution is 9.10. The number of aliphatic carboxylic acids is 1. The van der Waals surface area contributed by atoms with Crippen LogP contribution in [0.25, 0.3) is 0 Å². The van der Waals surface area contributed by atoms with Gasteiger partial charge in [-0.15, -0.1) is 11.8 Å². The summed E-state index contributed by atoms with van der Waals surface area (Å²) in [7, 11) is -3.68. The van der Waals surface area contributed by atoms with E-state index in [9.17, 15) is 13.2 Å². The Kier molecular flexibility index (Phi) is 9.69. The highest BCUT2D eigenvalue weighted by Crippen LogP contribution is 2.31. The van der Waals surface area contributed by atoms with Gasteiger partial charge in [0.15, 0.2) is 6.61 Å². The van der Waals surface area contributed by atoms with Gasteiger partial charge in [0.2, 0.25) is 10.0 Å². The first-order valence-electron chi connectivity index (χ1n) is 9.61. The molecule has 10 heteroatoms. The quantitative estimate of drug-likeness (QED) is 0.374. The lowest BCUT2D eigenvalue weighted by Gasteiger charge is -2.25. The molecule has 0 amide bonds. The molecule has 0 spiro atoms. The maximum absolute atomic E-state index is 13.2. The van der Waals surface area contributed by atoms with E-state index in [-0.39, 0.29) is 10.1 Å². The molecule has 1 unspecified atom stereocenters. The Bertz CT molecular complexity index is 1030. The first-order chi connectivity index (χ1) is 14.5. The molecule has 1 N–H and O–H groups in total. The van der Waals surface area contributed by atoms with E-state index in [0.717, 1.165) is 10.5 Å². The number of rotatable bonds is 11. The number of sulfonamides is 1. The summed E-state index contributed by atoms with van der Waals surface area (Å²) in [4.78, 5) is 11.8. The number of thioether (sulfide) groups is 1. The second kappa shape index (κ2) is 11.6. The van der Waals surface area contributed by atoms with Gasteiger partial charge < -0.3 is 9.84 Å². The fourth-order valence-electron chi connectivity index (χ4n) is 2.90. The molecular formula is C21H25BrClNO5S2. The number of nitrogens with zero attached hydrogens (tertiary/aromatic N) is 1. The Labute approximate surface area is 201 Å². The number of benzene rings is 2. The molecular weight excluding hydrogens is 526 g/mol. The highest BCUT2D eigenvalue weighted by Gasteiger charge is 2.26. The van der Waals surface area contributed by atoms with Crippen LogP contribution >= 0.6 is 39.3 Å². The molecule has 2 aromatic carbocycles. The minimum absolute atomic E-state index is 0.0163. The van der Waals surface area contributed by atoms with Crippen molar-refractivity contribution in [3.63, 3.8) is 0 Å². The van der Waals surface area contributed by atoms with Crippen molar-refractivity contribution in [2.24, 2.45) is 0 Å². The summed E-state index contributed by atoms with van der Waals surface area (Å²) in [6.07, 6.45) is 0.690. The number of ether oxygens (including phenoxy) is 1. The van der Waals surface area contributed by atoms with Crippen molar-refractivity contribution in [1.82, 2.24) is 4.31 Å². The SMILES string of the molecule is CCCN(CC(C)Sc1ccc(OCC(=O)O)c(C)c1)S(=O)(=O)c1ccc(Br)c(Cl)c1. The third-order valence-electron chi connectivity index (χ3n) is 4.30. The van der Waals surface area contributed by atoms with E-state index in [4.69, 9.17) is 21.4 Å². The van der Waals surface area contributed by atoms with Gasteiger partial charge in [-0.25, -0.2) is 13.2 Å². The van der Waals surface area contributed by atoms with Crippen molar-refractivity contribution < 1.29 is 23.1 Å². The monoisotopic (exact) mass is 549 g/mol. The molecule has 0 saturated heterocycles. The summed E-state index contributed by atoms with van der Waals surface area (Å²) in [6.45, 7) is 6.10. The summed E-state index contributed by atoms with van der Waals surface area (Å²) in [6, 6.07) is 10.1. The fourth-order valence-corrected chi connectivity index (χ4v) is 6.24. The maximum atomic E-state index is 13.2. The number of halogens is 2. The molecule has 0 saturated carbocycles. The van der Waals surface area contributed by atoms with Gasteiger partial charge in [-0.3, -0.25) is 0 Å². The van der Waals surface area contributed by atoms with Gasteiger partial charge >= 0.3 is 5.97 Å². The van der Waals surface area contributed by atoms with Crippen LogP contribution in [-0.2, 0) is 14.8 Å². The van der Waals surface area contributed by atoms with Gasteiger partial charge in [-0.2, -0.15) is 4.31 Å². The van der Waals surface area contributed by atoms with Gasteiger partial charge in [-0.05, 0) is 71.2 Å². The molecule has 0 bridgehead atoms. The normalized spacial score (nSPS) is 12.7. The number of hydrogen-bond acceptors (Lipinski definition) is 5. The minimum atomic E-state index is -3.68. The number of carboxylic acid groups (broad SMARTS) is 1. The van der Waals surface area contributed by atoms with Gasteiger partial charge in [0, 0.05) is 27.7 Å². The molecule has 0 aliphatic carbocycles. The van der Waals surface area contributed by atoms with Crippen molar-refractivity contribution in [3.8, 4) is 5.75 Å². The van der Waals surface area contributed by atoms with Crippen LogP contribution in [0.15, 0.2) is 50.7 Å². The summed E-state index contributed by atoms with van der Waals surface area (Å²) in [5, 5.41) is 9.08. The third kappa shape index (κ3) is 7.39. The third-order valence-corrected chi connectivity index (χ3v) is 8.47. The van der Waals surface area contributed by atoms with E-state index in [1.54, 1.807) is 30.0 Å². The summed E-state index contributed by atoms with van der Waals surface area (Å²) >= 11 is 10.9. The van der Waals surface area contributed by atoms with Gasteiger partial charge in [-0.1, -0.05) is 25.4 Å². The number of aryl methyl sites for hydroxylation is 1. The van der Waals surface area contributed by atoms with Crippen LogP contribution < -0.4 is 4.74 Å². The molecule has 31 heavy (non-hydrogen) atoms. The molecule has 2 aromatic rings. The zero-order valence-corrected chi connectivity index (χ0v) is 21.4. The topological polar surface area (TPSA) is 83.9 Å². The molecule has 1 atom stereocenters. The van der Waals surface area contributed by atoms with Crippen LogP contribution in [0.2, 0.25) is 5.02 Å². The Morgan fingerprint density at radius 1 is 1.29 bits per heavy atom. The van der Waals surface area contributed by atoms with E-state index >= 15 is 0 Å². The van der Waals surface area contributed by atoms with Crippen LogP contribution in [-0.4, -0.2) is 48.7 Å². The standard InChI is InChI=1S/C21H25BrClNO5S2/c1-4-9-24(31(27,28)17-6-7-18(22)19(23)11-17)12-15(3)30-16-5-8-20(14(2)10-16)29-13-21(25)26/h5-8,10-11,15H,4,9,12-13H2,1-3H3,(H,25,26). The lowest BCUT2D eigenvalue weighted by atomic mass is 10.2. The lowest BCUT2D eigenvalue weighted by molar-refractivity contribution is -0.139. The largest absolute Gasteiger partial charge is 0.482 e. The second-order valence-electron chi connectivity index (χ2n) is 6.98. The average Bonchev–Trinajstić information content (AvgIpc) is 2.68. The zero-order chi connectivity index (χ0) is 23.2. The first kappa shape index (κ1) is 26.0. The molecule has 6 nitrogen and oxygen atoms in total. The molecule has 170 valence electrons. The van der Waals surface area contributed by atoms with E-state index in [1.807, 2.05) is 32.9 Å².